The van der Waals surface area contributed by atoms with Crippen LogP contribution in [0.2, 0.25) is 0 Å². The third kappa shape index (κ3) is 4.23. The smallest absolute Gasteiger partial charge is 0.246 e. The zero-order valence-corrected chi connectivity index (χ0v) is 18.7. The highest BCUT2D eigenvalue weighted by atomic mass is 16.2. The second-order valence-electron chi connectivity index (χ2n) is 7.72. The zero-order chi connectivity index (χ0) is 22.7. The number of amides is 1. The second kappa shape index (κ2) is 9.01. The molecule has 0 aliphatic rings. The first-order valence-electron chi connectivity index (χ1n) is 10.5. The van der Waals surface area contributed by atoms with Gasteiger partial charge in [0.15, 0.2) is 0 Å². The average molecular weight is 427 g/mol. The van der Waals surface area contributed by atoms with Crippen LogP contribution in [0.4, 0.5) is 0 Å². The summed E-state index contributed by atoms with van der Waals surface area (Å²) in [5.74, 6) is -0.0656. The number of likely N-dealkylation sites (N-methyl/N-ethyl adjacent to an activating group) is 1. The molecule has 0 N–H and O–H groups in total. The summed E-state index contributed by atoms with van der Waals surface area (Å²) in [6.45, 7) is 5.99. The molecule has 0 aliphatic heterocycles. The Hall–Kier alpha value is -4.00. The van der Waals surface area contributed by atoms with Crippen molar-refractivity contribution in [2.24, 2.45) is 0 Å². The highest BCUT2D eigenvalue weighted by Crippen LogP contribution is 2.22. The number of hydrogen-bond donors (Lipinski definition) is 0. The Morgan fingerprint density at radius 1 is 1.03 bits per heavy atom. The predicted octanol–water partition coefficient (Wildman–Crippen LogP) is 4.30. The fourth-order valence-corrected chi connectivity index (χ4v) is 3.65. The van der Waals surface area contributed by atoms with E-state index in [1.807, 2.05) is 93.2 Å². The lowest BCUT2D eigenvalue weighted by molar-refractivity contribution is -0.126. The van der Waals surface area contributed by atoms with E-state index >= 15 is 0 Å². The Morgan fingerprint density at radius 2 is 1.75 bits per heavy atom. The molecule has 0 saturated heterocycles. The van der Waals surface area contributed by atoms with Crippen LogP contribution in [0.3, 0.4) is 0 Å². The van der Waals surface area contributed by atoms with E-state index in [1.165, 1.54) is 6.33 Å². The van der Waals surface area contributed by atoms with Crippen molar-refractivity contribution in [2.45, 2.75) is 26.8 Å². The number of rotatable bonds is 6. The van der Waals surface area contributed by atoms with Crippen molar-refractivity contribution in [3.8, 4) is 11.4 Å². The molecule has 0 radical (unpaired) electrons. The maximum Gasteiger partial charge on any atom is 0.246 e. The molecule has 4 aromatic rings. The topological polar surface area (TPSA) is 68.8 Å². The average Bonchev–Trinajstić information content (AvgIpc) is 3.46. The Bertz CT molecular complexity index is 1220. The fourth-order valence-electron chi connectivity index (χ4n) is 3.65. The maximum atomic E-state index is 12.9. The van der Waals surface area contributed by atoms with E-state index in [0.717, 1.165) is 33.9 Å². The zero-order valence-electron chi connectivity index (χ0n) is 18.7. The van der Waals surface area contributed by atoms with Gasteiger partial charge < -0.3 is 4.90 Å². The normalized spacial score (nSPS) is 12.2. The molecule has 0 spiro atoms. The molecule has 0 saturated carbocycles. The number of nitrogens with zero attached hydrogens (tertiary/aromatic N) is 6. The lowest BCUT2D eigenvalue weighted by atomic mass is 10.1. The van der Waals surface area contributed by atoms with Crippen LogP contribution in [-0.2, 0) is 4.79 Å². The minimum absolute atomic E-state index is 0.0656. The standard InChI is InChI=1S/C25H26N6O/c1-18-24(20(3)31(28-18)23-8-6-5-7-9-23)14-15-25(32)29(4)19(2)21-10-12-22(13-11-21)30-17-26-16-27-30/h5-17,19H,1-4H3/b15-14+. The van der Waals surface area contributed by atoms with E-state index in [1.54, 1.807) is 22.0 Å². The lowest BCUT2D eigenvalue weighted by Crippen LogP contribution is -2.28. The molecule has 4 rings (SSSR count). The van der Waals surface area contributed by atoms with Gasteiger partial charge in [0, 0.05) is 24.4 Å². The van der Waals surface area contributed by atoms with Gasteiger partial charge in [-0.3, -0.25) is 4.79 Å². The molecule has 2 heterocycles. The van der Waals surface area contributed by atoms with Gasteiger partial charge in [0.1, 0.15) is 12.7 Å². The molecule has 7 nitrogen and oxygen atoms in total. The summed E-state index contributed by atoms with van der Waals surface area (Å²) >= 11 is 0. The molecule has 1 atom stereocenters. The van der Waals surface area contributed by atoms with Gasteiger partial charge in [-0.2, -0.15) is 10.2 Å². The Kier molecular flexibility index (Phi) is 5.98. The largest absolute Gasteiger partial charge is 0.335 e. The fraction of sp³-hybridized carbons (Fsp3) is 0.200. The molecule has 162 valence electrons. The summed E-state index contributed by atoms with van der Waals surface area (Å²) < 4.78 is 3.61. The molecule has 1 unspecified atom stereocenters. The number of hydrogen-bond acceptors (Lipinski definition) is 4. The van der Waals surface area contributed by atoms with Gasteiger partial charge >= 0.3 is 0 Å². The summed E-state index contributed by atoms with van der Waals surface area (Å²) in [7, 11) is 1.82. The number of benzene rings is 2. The van der Waals surface area contributed by atoms with E-state index in [0.29, 0.717) is 0 Å². The SMILES string of the molecule is Cc1nn(-c2ccccc2)c(C)c1/C=C/C(=O)N(C)C(C)c1ccc(-n2cncn2)cc1. The van der Waals surface area contributed by atoms with Crippen LogP contribution in [0.15, 0.2) is 73.3 Å². The van der Waals surface area contributed by atoms with Gasteiger partial charge in [-0.15, -0.1) is 0 Å². The van der Waals surface area contributed by atoms with Crippen molar-refractivity contribution in [3.05, 3.63) is 95.8 Å². The third-order valence-electron chi connectivity index (χ3n) is 5.73. The minimum Gasteiger partial charge on any atom is -0.335 e. The summed E-state index contributed by atoms with van der Waals surface area (Å²) in [6.07, 6.45) is 6.63. The molecule has 2 aromatic carbocycles. The number of carbonyl (C=O) groups excluding carboxylic acids is 1. The van der Waals surface area contributed by atoms with Gasteiger partial charge in [0.25, 0.3) is 0 Å². The number of aromatic nitrogens is 5. The Morgan fingerprint density at radius 3 is 2.41 bits per heavy atom. The van der Waals surface area contributed by atoms with Crippen LogP contribution in [0.5, 0.6) is 0 Å². The number of carbonyl (C=O) groups is 1. The molecule has 0 fully saturated rings. The summed E-state index contributed by atoms with van der Waals surface area (Å²) in [5, 5.41) is 8.78. The van der Waals surface area contributed by atoms with Crippen molar-refractivity contribution in [2.75, 3.05) is 7.05 Å². The van der Waals surface area contributed by atoms with Crippen LogP contribution >= 0.6 is 0 Å². The van der Waals surface area contributed by atoms with Crippen LogP contribution in [0.1, 0.15) is 35.5 Å². The van der Waals surface area contributed by atoms with Gasteiger partial charge in [0.05, 0.1) is 23.1 Å². The number of aryl methyl sites for hydroxylation is 1. The molecule has 0 bridgehead atoms. The summed E-state index contributed by atoms with van der Waals surface area (Å²) in [5.41, 5.74) is 5.81. The van der Waals surface area contributed by atoms with Crippen molar-refractivity contribution in [1.82, 2.24) is 29.4 Å². The molecular formula is C25H26N6O. The van der Waals surface area contributed by atoms with Crippen molar-refractivity contribution >= 4 is 12.0 Å². The Balaban J connectivity index is 1.48. The van der Waals surface area contributed by atoms with E-state index in [-0.39, 0.29) is 11.9 Å². The van der Waals surface area contributed by atoms with Crippen LogP contribution < -0.4 is 0 Å². The quantitative estimate of drug-likeness (QED) is 0.431. The van der Waals surface area contributed by atoms with Crippen molar-refractivity contribution < 1.29 is 4.79 Å². The highest BCUT2D eigenvalue weighted by Gasteiger charge is 2.17. The number of para-hydroxylation sites is 1. The molecular weight excluding hydrogens is 400 g/mol. The van der Waals surface area contributed by atoms with Crippen LogP contribution in [-0.4, -0.2) is 42.4 Å². The molecule has 7 heteroatoms. The Labute approximate surface area is 187 Å². The molecule has 0 aliphatic carbocycles. The van der Waals surface area contributed by atoms with Crippen LogP contribution in [0.25, 0.3) is 17.5 Å². The van der Waals surface area contributed by atoms with E-state index < -0.39 is 0 Å². The van der Waals surface area contributed by atoms with Gasteiger partial charge in [-0.25, -0.2) is 14.3 Å². The van der Waals surface area contributed by atoms with Gasteiger partial charge in [0.2, 0.25) is 5.91 Å². The van der Waals surface area contributed by atoms with Crippen molar-refractivity contribution in [3.63, 3.8) is 0 Å². The van der Waals surface area contributed by atoms with E-state index in [9.17, 15) is 4.79 Å². The highest BCUT2D eigenvalue weighted by molar-refractivity contribution is 5.92. The summed E-state index contributed by atoms with van der Waals surface area (Å²) in [6, 6.07) is 17.9. The first-order chi connectivity index (χ1) is 15.5. The first-order valence-corrected chi connectivity index (χ1v) is 10.5. The molecule has 32 heavy (non-hydrogen) atoms. The minimum atomic E-state index is -0.0776. The predicted molar refractivity (Wildman–Crippen MR) is 125 cm³/mol. The maximum absolute atomic E-state index is 12.9. The molecule has 1 amide bonds. The summed E-state index contributed by atoms with van der Waals surface area (Å²) in [4.78, 5) is 18.6. The van der Waals surface area contributed by atoms with Gasteiger partial charge in [-0.05, 0) is 56.7 Å². The third-order valence-corrected chi connectivity index (χ3v) is 5.73. The monoisotopic (exact) mass is 426 g/mol. The lowest BCUT2D eigenvalue weighted by Gasteiger charge is -2.24. The van der Waals surface area contributed by atoms with Gasteiger partial charge in [-0.1, -0.05) is 30.3 Å². The molecule has 2 aromatic heterocycles. The van der Waals surface area contributed by atoms with E-state index in [2.05, 4.69) is 15.2 Å². The van der Waals surface area contributed by atoms with Crippen LogP contribution in [0, 0.1) is 13.8 Å². The van der Waals surface area contributed by atoms with Crippen molar-refractivity contribution in [1.29, 1.82) is 0 Å². The second-order valence-corrected chi connectivity index (χ2v) is 7.72. The van der Waals surface area contributed by atoms with E-state index in [4.69, 9.17) is 0 Å². The first kappa shape index (κ1) is 21.2.